The largest absolute Gasteiger partial charge is 0.449 e. The van der Waals surface area contributed by atoms with Crippen molar-refractivity contribution >= 4 is 6.09 Å². The van der Waals surface area contributed by atoms with Crippen molar-refractivity contribution in [2.45, 2.75) is 32.6 Å². The summed E-state index contributed by atoms with van der Waals surface area (Å²) in [4.78, 5) is 11.8. The molecule has 0 aliphatic heterocycles. The quantitative estimate of drug-likeness (QED) is 0.465. The van der Waals surface area contributed by atoms with Crippen molar-refractivity contribution in [3.8, 4) is 0 Å². The van der Waals surface area contributed by atoms with E-state index in [4.69, 9.17) is 19.9 Å². The smallest absolute Gasteiger partial charge is 0.407 e. The van der Waals surface area contributed by atoms with Crippen LogP contribution in [0, 0.1) is 23.7 Å². The molecule has 0 heterocycles. The first-order valence-corrected chi connectivity index (χ1v) is 9.65. The topological polar surface area (TPSA) is 82.8 Å². The number of nitrogens with two attached hydrogens (primary N) is 1. The Hall–Kier alpha value is -1.11. The summed E-state index contributed by atoms with van der Waals surface area (Å²) < 4.78 is 15.9. The molecule has 4 atom stereocenters. The summed E-state index contributed by atoms with van der Waals surface area (Å²) in [5.41, 5.74) is 5.31. The maximum atomic E-state index is 11.8. The van der Waals surface area contributed by atoms with Gasteiger partial charge in [-0.1, -0.05) is 19.1 Å². The molecule has 0 saturated heterocycles. The van der Waals surface area contributed by atoms with Crippen LogP contribution in [-0.2, 0) is 14.2 Å². The molecule has 0 aromatic carbocycles. The van der Waals surface area contributed by atoms with Gasteiger partial charge in [0.2, 0.25) is 0 Å². The molecular formula is C19H34N2O4. The van der Waals surface area contributed by atoms with Crippen molar-refractivity contribution in [2.75, 3.05) is 46.1 Å². The van der Waals surface area contributed by atoms with E-state index >= 15 is 0 Å². The van der Waals surface area contributed by atoms with E-state index < -0.39 is 0 Å². The molecule has 25 heavy (non-hydrogen) atoms. The van der Waals surface area contributed by atoms with Crippen LogP contribution in [0.4, 0.5) is 4.79 Å². The number of hydrogen-bond acceptors (Lipinski definition) is 5. The van der Waals surface area contributed by atoms with E-state index in [1.54, 1.807) is 0 Å². The minimum Gasteiger partial charge on any atom is -0.449 e. The third-order valence-electron chi connectivity index (χ3n) is 5.15. The first-order valence-electron chi connectivity index (χ1n) is 9.65. The predicted octanol–water partition coefficient (Wildman–Crippen LogP) is 2.33. The number of rotatable bonds is 10. The fourth-order valence-corrected chi connectivity index (χ4v) is 3.65. The molecule has 3 N–H and O–H groups in total. The Morgan fingerprint density at radius 1 is 1.12 bits per heavy atom. The zero-order chi connectivity index (χ0) is 17.9. The predicted molar refractivity (Wildman–Crippen MR) is 97.3 cm³/mol. The minimum atomic E-state index is -0.340. The molecule has 0 aromatic rings. The maximum Gasteiger partial charge on any atom is 0.407 e. The lowest BCUT2D eigenvalue weighted by Gasteiger charge is -2.09. The van der Waals surface area contributed by atoms with Crippen molar-refractivity contribution in [2.24, 2.45) is 29.4 Å². The molecule has 6 heteroatoms. The Kier molecular flexibility index (Phi) is 9.29. The van der Waals surface area contributed by atoms with Gasteiger partial charge in [0.1, 0.15) is 0 Å². The maximum absolute atomic E-state index is 11.8. The number of hydrogen-bond donors (Lipinski definition) is 2. The third-order valence-corrected chi connectivity index (χ3v) is 5.15. The van der Waals surface area contributed by atoms with Crippen LogP contribution in [-0.4, -0.2) is 52.2 Å². The van der Waals surface area contributed by atoms with Crippen LogP contribution in [0.5, 0.6) is 0 Å². The number of allylic oxidation sites excluding steroid dienone is 2. The lowest BCUT2D eigenvalue weighted by atomic mass is 10.0. The first-order chi connectivity index (χ1) is 12.2. The highest BCUT2D eigenvalue weighted by atomic mass is 16.6. The SMILES string of the molecule is CC1/C=C\CCC2C(CC1)C2COC(=O)NCCOCCOCCN. The van der Waals surface area contributed by atoms with Crippen LogP contribution in [0.25, 0.3) is 0 Å². The fraction of sp³-hybridized carbons (Fsp3) is 0.842. The Bertz CT molecular complexity index is 416. The lowest BCUT2D eigenvalue weighted by molar-refractivity contribution is 0.0511. The second-order valence-electron chi connectivity index (χ2n) is 7.09. The van der Waals surface area contributed by atoms with Crippen LogP contribution in [0.3, 0.4) is 0 Å². The van der Waals surface area contributed by atoms with Crippen LogP contribution in [0.1, 0.15) is 32.6 Å². The van der Waals surface area contributed by atoms with Crippen molar-refractivity contribution < 1.29 is 19.0 Å². The number of ether oxygens (including phenoxy) is 3. The highest BCUT2D eigenvalue weighted by Gasteiger charge is 2.49. The molecule has 6 nitrogen and oxygen atoms in total. The Labute approximate surface area is 151 Å². The van der Waals surface area contributed by atoms with Crippen LogP contribution < -0.4 is 11.1 Å². The van der Waals surface area contributed by atoms with E-state index in [1.807, 2.05) is 0 Å². The van der Waals surface area contributed by atoms with Gasteiger partial charge in [0.15, 0.2) is 0 Å². The number of carbonyl (C=O) groups excluding carboxylic acids is 1. The van der Waals surface area contributed by atoms with Gasteiger partial charge in [-0.05, 0) is 49.4 Å². The third kappa shape index (κ3) is 7.75. The second-order valence-corrected chi connectivity index (χ2v) is 7.09. The van der Waals surface area contributed by atoms with Gasteiger partial charge in [0, 0.05) is 13.1 Å². The van der Waals surface area contributed by atoms with E-state index in [0.29, 0.717) is 58.0 Å². The Balaban J connectivity index is 1.49. The molecule has 2 aliphatic carbocycles. The summed E-state index contributed by atoms with van der Waals surface area (Å²) in [6.45, 7) is 5.85. The van der Waals surface area contributed by atoms with Crippen LogP contribution >= 0.6 is 0 Å². The number of carbonyl (C=O) groups is 1. The van der Waals surface area contributed by atoms with Gasteiger partial charge in [-0.2, -0.15) is 0 Å². The second kappa shape index (κ2) is 11.5. The average molecular weight is 354 g/mol. The monoisotopic (exact) mass is 354 g/mol. The van der Waals surface area contributed by atoms with E-state index in [1.165, 1.54) is 19.3 Å². The summed E-state index contributed by atoms with van der Waals surface area (Å²) in [6, 6.07) is 0. The van der Waals surface area contributed by atoms with E-state index in [-0.39, 0.29) is 6.09 Å². The van der Waals surface area contributed by atoms with E-state index in [2.05, 4.69) is 24.4 Å². The summed E-state index contributed by atoms with van der Waals surface area (Å²) in [6.07, 6.45) is 9.20. The molecule has 2 aliphatic rings. The molecule has 0 radical (unpaired) electrons. The number of amides is 1. The molecule has 0 bridgehead atoms. The van der Waals surface area contributed by atoms with Gasteiger partial charge < -0.3 is 25.3 Å². The molecule has 144 valence electrons. The van der Waals surface area contributed by atoms with E-state index in [0.717, 1.165) is 18.3 Å². The van der Waals surface area contributed by atoms with Crippen molar-refractivity contribution in [1.82, 2.24) is 5.32 Å². The molecule has 0 aromatic heterocycles. The zero-order valence-corrected chi connectivity index (χ0v) is 15.5. The van der Waals surface area contributed by atoms with E-state index in [9.17, 15) is 4.79 Å². The van der Waals surface area contributed by atoms with Crippen molar-refractivity contribution in [1.29, 1.82) is 0 Å². The number of alkyl carbamates (subject to hydrolysis) is 1. The average Bonchev–Trinajstić information content (AvgIpc) is 3.26. The highest BCUT2D eigenvalue weighted by Crippen LogP contribution is 2.52. The first kappa shape index (κ1) is 20.2. The molecule has 1 amide bonds. The zero-order valence-electron chi connectivity index (χ0n) is 15.5. The van der Waals surface area contributed by atoms with Crippen molar-refractivity contribution in [3.63, 3.8) is 0 Å². The van der Waals surface area contributed by atoms with Crippen LogP contribution in [0.2, 0.25) is 0 Å². The van der Waals surface area contributed by atoms with Gasteiger partial charge in [-0.3, -0.25) is 0 Å². The summed E-state index contributed by atoms with van der Waals surface area (Å²) in [5, 5.41) is 2.73. The summed E-state index contributed by atoms with van der Waals surface area (Å²) in [7, 11) is 0. The molecule has 2 rings (SSSR count). The van der Waals surface area contributed by atoms with Gasteiger partial charge in [0.05, 0.1) is 33.0 Å². The molecule has 1 fully saturated rings. The minimum absolute atomic E-state index is 0.340. The standard InChI is InChI=1S/C19H34N2O4/c1-15-4-2-3-5-16-17(7-6-15)18(16)14-25-19(22)21-9-11-24-13-12-23-10-8-20/h2,4,15-18H,3,5-14,20H2,1H3,(H,21,22)/b4-2-. The normalized spacial score (nSPS) is 29.7. The Morgan fingerprint density at radius 3 is 2.68 bits per heavy atom. The van der Waals surface area contributed by atoms with Gasteiger partial charge >= 0.3 is 6.09 Å². The van der Waals surface area contributed by atoms with Gasteiger partial charge in [-0.25, -0.2) is 4.79 Å². The summed E-state index contributed by atoms with van der Waals surface area (Å²) >= 11 is 0. The Morgan fingerprint density at radius 2 is 1.88 bits per heavy atom. The molecule has 0 spiro atoms. The molecular weight excluding hydrogens is 320 g/mol. The molecule has 1 saturated carbocycles. The number of fused-ring (bicyclic) bond motifs is 1. The van der Waals surface area contributed by atoms with Crippen LogP contribution in [0.15, 0.2) is 12.2 Å². The number of nitrogens with one attached hydrogen (secondary N) is 1. The van der Waals surface area contributed by atoms with Gasteiger partial charge in [-0.15, -0.1) is 0 Å². The fourth-order valence-electron chi connectivity index (χ4n) is 3.65. The van der Waals surface area contributed by atoms with Crippen molar-refractivity contribution in [3.05, 3.63) is 12.2 Å². The molecule has 4 unspecified atom stereocenters. The highest BCUT2D eigenvalue weighted by molar-refractivity contribution is 5.67. The van der Waals surface area contributed by atoms with Gasteiger partial charge in [0.25, 0.3) is 0 Å². The summed E-state index contributed by atoms with van der Waals surface area (Å²) in [5.74, 6) is 2.71. The lowest BCUT2D eigenvalue weighted by Crippen LogP contribution is -2.29.